The number of nitrogens with one attached hydrogen (secondary N) is 2. The molecule has 5 nitrogen and oxygen atoms in total. The molecule has 1 unspecified atom stereocenters. The van der Waals surface area contributed by atoms with E-state index >= 15 is 0 Å². The van der Waals surface area contributed by atoms with Crippen LogP contribution in [0.25, 0.3) is 10.9 Å². The number of H-pyrrole nitrogens is 1. The van der Waals surface area contributed by atoms with Crippen LogP contribution in [0.15, 0.2) is 42.5 Å². The van der Waals surface area contributed by atoms with Gasteiger partial charge < -0.3 is 15.2 Å². The summed E-state index contributed by atoms with van der Waals surface area (Å²) in [6, 6.07) is 8.78. The van der Waals surface area contributed by atoms with Crippen LogP contribution in [0.2, 0.25) is 10.0 Å². The predicted octanol–water partition coefficient (Wildman–Crippen LogP) is 5.59. The van der Waals surface area contributed by atoms with Crippen molar-refractivity contribution in [3.63, 3.8) is 0 Å². The van der Waals surface area contributed by atoms with Crippen LogP contribution in [0.3, 0.4) is 0 Å². The Labute approximate surface area is 191 Å². The fourth-order valence-electron chi connectivity index (χ4n) is 3.80. The van der Waals surface area contributed by atoms with Crippen LogP contribution in [-0.4, -0.2) is 34.8 Å². The maximum absolute atomic E-state index is 13.2. The second kappa shape index (κ2) is 8.67. The number of hydrogen-bond acceptors (Lipinski definition) is 2. The van der Waals surface area contributed by atoms with Crippen molar-refractivity contribution in [1.29, 1.82) is 0 Å². The van der Waals surface area contributed by atoms with E-state index in [9.17, 15) is 22.8 Å². The molecule has 0 saturated carbocycles. The molecule has 1 atom stereocenters. The molecule has 0 bridgehead atoms. The Morgan fingerprint density at radius 2 is 1.97 bits per heavy atom. The molecule has 0 spiro atoms. The predicted molar refractivity (Wildman–Crippen MR) is 116 cm³/mol. The topological polar surface area (TPSA) is 65.2 Å². The number of hydrogen-bond donors (Lipinski definition) is 2. The first-order chi connectivity index (χ1) is 15.1. The molecule has 4 rings (SSSR count). The molecular formula is C22H18Cl2F3N3O2. The molecule has 0 aliphatic carbocycles. The molecule has 1 aromatic heterocycles. The third-order valence-corrected chi connectivity index (χ3v) is 6.05. The molecule has 168 valence electrons. The minimum Gasteiger partial charge on any atom is -0.349 e. The van der Waals surface area contributed by atoms with Gasteiger partial charge in [-0.25, -0.2) is 0 Å². The molecule has 1 fully saturated rings. The number of nitrogens with zero attached hydrogens (tertiary/aromatic N) is 1. The highest BCUT2D eigenvalue weighted by Crippen LogP contribution is 2.32. The van der Waals surface area contributed by atoms with Gasteiger partial charge in [-0.2, -0.15) is 13.2 Å². The highest BCUT2D eigenvalue weighted by atomic mass is 35.5. The maximum Gasteiger partial charge on any atom is 0.416 e. The summed E-state index contributed by atoms with van der Waals surface area (Å²) in [4.78, 5) is 29.6. The lowest BCUT2D eigenvalue weighted by Gasteiger charge is -2.25. The van der Waals surface area contributed by atoms with Gasteiger partial charge in [0, 0.05) is 35.4 Å². The van der Waals surface area contributed by atoms with E-state index in [0.717, 1.165) is 12.1 Å². The zero-order valence-corrected chi connectivity index (χ0v) is 18.1. The summed E-state index contributed by atoms with van der Waals surface area (Å²) in [5.74, 6) is -0.703. The highest BCUT2D eigenvalue weighted by Gasteiger charge is 2.32. The Balaban J connectivity index is 1.67. The number of carbonyl (C=O) groups excluding carboxylic acids is 2. The van der Waals surface area contributed by atoms with Crippen molar-refractivity contribution >= 4 is 45.9 Å². The molecule has 1 saturated heterocycles. The Morgan fingerprint density at radius 1 is 1.19 bits per heavy atom. The van der Waals surface area contributed by atoms with Gasteiger partial charge in [-0.3, -0.25) is 9.59 Å². The smallest absolute Gasteiger partial charge is 0.349 e. The van der Waals surface area contributed by atoms with Crippen LogP contribution in [0, 0.1) is 0 Å². The van der Waals surface area contributed by atoms with Crippen molar-refractivity contribution in [3.05, 3.63) is 69.3 Å². The lowest BCUT2D eigenvalue weighted by Crippen LogP contribution is -2.39. The third-order valence-electron chi connectivity index (χ3n) is 5.42. The zero-order chi connectivity index (χ0) is 23.0. The maximum atomic E-state index is 13.2. The van der Waals surface area contributed by atoms with Crippen molar-refractivity contribution in [1.82, 2.24) is 15.2 Å². The summed E-state index contributed by atoms with van der Waals surface area (Å²) in [7, 11) is 0. The number of aromatic amines is 1. The number of alkyl halides is 3. The minimum atomic E-state index is -4.53. The van der Waals surface area contributed by atoms with E-state index in [1.54, 1.807) is 18.2 Å². The molecule has 32 heavy (non-hydrogen) atoms. The molecule has 1 aliphatic rings. The van der Waals surface area contributed by atoms with Crippen LogP contribution in [0.1, 0.15) is 40.5 Å². The highest BCUT2D eigenvalue weighted by molar-refractivity contribution is 6.39. The molecule has 2 amide bonds. The van der Waals surface area contributed by atoms with Gasteiger partial charge >= 0.3 is 6.18 Å². The van der Waals surface area contributed by atoms with Crippen molar-refractivity contribution < 1.29 is 22.8 Å². The average Bonchev–Trinajstić information content (AvgIpc) is 3.30. The van der Waals surface area contributed by atoms with Crippen molar-refractivity contribution in [2.45, 2.75) is 25.1 Å². The molecule has 2 heterocycles. The Morgan fingerprint density at radius 3 is 2.66 bits per heavy atom. The van der Waals surface area contributed by atoms with Gasteiger partial charge in [0.15, 0.2) is 0 Å². The molecule has 10 heteroatoms. The fourth-order valence-corrected chi connectivity index (χ4v) is 4.26. The van der Waals surface area contributed by atoms with E-state index in [4.69, 9.17) is 23.2 Å². The molecule has 3 aromatic rings. The second-order valence-corrected chi connectivity index (χ2v) is 8.41. The largest absolute Gasteiger partial charge is 0.416 e. The van der Waals surface area contributed by atoms with Crippen LogP contribution < -0.4 is 5.32 Å². The first kappa shape index (κ1) is 22.5. The van der Waals surface area contributed by atoms with E-state index in [-0.39, 0.29) is 28.7 Å². The number of carbonyl (C=O) groups is 2. The van der Waals surface area contributed by atoms with E-state index in [0.29, 0.717) is 35.3 Å². The zero-order valence-electron chi connectivity index (χ0n) is 16.6. The molecular weight excluding hydrogens is 466 g/mol. The van der Waals surface area contributed by atoms with Crippen LogP contribution in [0.5, 0.6) is 0 Å². The Hall–Kier alpha value is -2.71. The summed E-state index contributed by atoms with van der Waals surface area (Å²) in [5.41, 5.74) is 0.0620. The van der Waals surface area contributed by atoms with Crippen molar-refractivity contribution in [2.75, 3.05) is 13.1 Å². The van der Waals surface area contributed by atoms with Crippen molar-refractivity contribution in [3.8, 4) is 0 Å². The molecule has 2 aromatic carbocycles. The Bertz CT molecular complexity index is 1190. The fraction of sp³-hybridized carbons (Fsp3) is 0.273. The summed E-state index contributed by atoms with van der Waals surface area (Å²) < 4.78 is 39.7. The standard InChI is InChI=1S/C22H18Cl2F3N3O2/c23-14-6-7-16-15(10-14)19(24)20(28-16)21(32)29-17(11-30-8-2-5-18(30)31)12-3-1-4-13(9-12)22(25,26)27/h1,3-4,6-7,9-10,17,28H,2,5,8,11H2,(H,29,32). The van der Waals surface area contributed by atoms with Gasteiger partial charge in [-0.15, -0.1) is 0 Å². The van der Waals surface area contributed by atoms with Gasteiger partial charge in [0.05, 0.1) is 16.6 Å². The lowest BCUT2D eigenvalue weighted by molar-refractivity contribution is -0.137. The van der Waals surface area contributed by atoms with Crippen LogP contribution in [-0.2, 0) is 11.0 Å². The Kier molecular flexibility index (Phi) is 6.09. The first-order valence-corrected chi connectivity index (χ1v) is 10.6. The van der Waals surface area contributed by atoms with E-state index in [1.807, 2.05) is 0 Å². The van der Waals surface area contributed by atoms with E-state index in [1.165, 1.54) is 17.0 Å². The SMILES string of the molecule is O=C(NC(CN1CCCC1=O)c1cccc(C(F)(F)F)c1)c1[nH]c2ccc(Cl)cc2c1Cl. The number of halogens is 5. The van der Waals surface area contributed by atoms with Gasteiger partial charge in [-0.05, 0) is 42.3 Å². The molecule has 2 N–H and O–H groups in total. The monoisotopic (exact) mass is 483 g/mol. The summed E-state index contributed by atoms with van der Waals surface area (Å²) in [5, 5.41) is 3.89. The number of aromatic nitrogens is 1. The third kappa shape index (κ3) is 4.56. The number of amides is 2. The van der Waals surface area contributed by atoms with E-state index < -0.39 is 23.7 Å². The quantitative estimate of drug-likeness (QED) is 0.496. The number of rotatable bonds is 5. The minimum absolute atomic E-state index is 0.0512. The summed E-state index contributed by atoms with van der Waals surface area (Å²) >= 11 is 12.4. The summed E-state index contributed by atoms with van der Waals surface area (Å²) in [6.45, 7) is 0.533. The number of fused-ring (bicyclic) bond motifs is 1. The number of benzene rings is 2. The second-order valence-electron chi connectivity index (χ2n) is 7.60. The normalized spacial score (nSPS) is 15.4. The van der Waals surface area contributed by atoms with Gasteiger partial charge in [0.1, 0.15) is 5.69 Å². The number of likely N-dealkylation sites (tertiary alicyclic amines) is 1. The first-order valence-electron chi connectivity index (χ1n) is 9.86. The summed E-state index contributed by atoms with van der Waals surface area (Å²) in [6.07, 6.45) is -3.50. The lowest BCUT2D eigenvalue weighted by atomic mass is 10.0. The van der Waals surface area contributed by atoms with Gasteiger partial charge in [-0.1, -0.05) is 35.3 Å². The van der Waals surface area contributed by atoms with Gasteiger partial charge in [0.25, 0.3) is 5.91 Å². The molecule has 1 aliphatic heterocycles. The molecule has 0 radical (unpaired) electrons. The van der Waals surface area contributed by atoms with Crippen LogP contribution >= 0.6 is 23.2 Å². The van der Waals surface area contributed by atoms with Gasteiger partial charge in [0.2, 0.25) is 5.91 Å². The van der Waals surface area contributed by atoms with Crippen LogP contribution in [0.4, 0.5) is 13.2 Å². The average molecular weight is 484 g/mol. The van der Waals surface area contributed by atoms with Crippen molar-refractivity contribution in [2.24, 2.45) is 0 Å². The van der Waals surface area contributed by atoms with E-state index in [2.05, 4.69) is 10.3 Å².